The third-order valence-corrected chi connectivity index (χ3v) is 4.08. The van der Waals surface area contributed by atoms with Crippen molar-refractivity contribution in [3.63, 3.8) is 0 Å². The van der Waals surface area contributed by atoms with Crippen molar-refractivity contribution in [3.05, 3.63) is 0 Å². The minimum Gasteiger partial charge on any atom is -0.339 e. The van der Waals surface area contributed by atoms with Gasteiger partial charge in [0.05, 0.1) is 0 Å². The number of nitrogens with zero attached hydrogens (tertiary/aromatic N) is 1. The van der Waals surface area contributed by atoms with Gasteiger partial charge in [0.15, 0.2) is 0 Å². The minimum absolute atomic E-state index is 0.162. The summed E-state index contributed by atoms with van der Waals surface area (Å²) in [6.07, 6.45) is 6.52. The van der Waals surface area contributed by atoms with E-state index in [2.05, 4.69) is 13.8 Å². The van der Waals surface area contributed by atoms with Crippen LogP contribution in [0.15, 0.2) is 0 Å². The predicted octanol–water partition coefficient (Wildman–Crippen LogP) is 1.76. The maximum absolute atomic E-state index is 11.6. The Morgan fingerprint density at radius 1 is 1.44 bits per heavy atom. The Hall–Kier alpha value is -0.570. The third kappa shape index (κ3) is 2.24. The summed E-state index contributed by atoms with van der Waals surface area (Å²) in [6, 6.07) is -0.211. The minimum atomic E-state index is -0.211. The highest BCUT2D eigenvalue weighted by Crippen LogP contribution is 2.44. The maximum atomic E-state index is 11.6. The zero-order chi connectivity index (χ0) is 11.8. The van der Waals surface area contributed by atoms with Gasteiger partial charge in [-0.15, -0.1) is 0 Å². The summed E-state index contributed by atoms with van der Waals surface area (Å²) in [4.78, 5) is 13.5. The fourth-order valence-corrected chi connectivity index (χ4v) is 3.49. The molecule has 2 N–H and O–H groups in total. The molecular weight excluding hydrogens is 200 g/mol. The van der Waals surface area contributed by atoms with Crippen molar-refractivity contribution < 1.29 is 4.79 Å². The van der Waals surface area contributed by atoms with E-state index in [0.29, 0.717) is 5.41 Å². The van der Waals surface area contributed by atoms with Crippen molar-refractivity contribution in [2.24, 2.45) is 17.1 Å². The Morgan fingerprint density at radius 2 is 2.06 bits per heavy atom. The van der Waals surface area contributed by atoms with Gasteiger partial charge < -0.3 is 10.6 Å². The van der Waals surface area contributed by atoms with Crippen LogP contribution in [-0.2, 0) is 4.79 Å². The van der Waals surface area contributed by atoms with Crippen LogP contribution in [0.25, 0.3) is 0 Å². The second-order valence-electron chi connectivity index (χ2n) is 6.13. The van der Waals surface area contributed by atoms with E-state index in [1.807, 2.05) is 4.90 Å². The second kappa shape index (κ2) is 4.36. The molecule has 0 aromatic carbocycles. The number of likely N-dealkylation sites (tertiary alicyclic amines) is 1. The number of rotatable bonds is 4. The molecule has 0 spiro atoms. The van der Waals surface area contributed by atoms with E-state index in [9.17, 15) is 4.79 Å². The van der Waals surface area contributed by atoms with Crippen LogP contribution in [0.2, 0.25) is 0 Å². The van der Waals surface area contributed by atoms with E-state index >= 15 is 0 Å². The number of amides is 1. The first-order valence-electron chi connectivity index (χ1n) is 6.57. The third-order valence-electron chi connectivity index (χ3n) is 4.08. The number of β-lactam (4-membered cyclic amide) rings is 1. The van der Waals surface area contributed by atoms with Gasteiger partial charge in [-0.1, -0.05) is 26.7 Å². The highest BCUT2D eigenvalue weighted by atomic mass is 16.2. The molecule has 16 heavy (non-hydrogen) atoms. The molecule has 1 atom stereocenters. The summed E-state index contributed by atoms with van der Waals surface area (Å²) in [5, 5.41) is 0. The summed E-state index contributed by atoms with van der Waals surface area (Å²) < 4.78 is 0. The molecule has 1 unspecified atom stereocenters. The monoisotopic (exact) mass is 224 g/mol. The van der Waals surface area contributed by atoms with Crippen LogP contribution in [0.5, 0.6) is 0 Å². The van der Waals surface area contributed by atoms with Crippen molar-refractivity contribution in [1.82, 2.24) is 4.90 Å². The van der Waals surface area contributed by atoms with Gasteiger partial charge in [0.25, 0.3) is 0 Å². The Bertz CT molecular complexity index is 269. The molecule has 1 aliphatic carbocycles. The molecule has 0 bridgehead atoms. The van der Waals surface area contributed by atoms with E-state index in [-0.39, 0.29) is 11.9 Å². The van der Waals surface area contributed by atoms with Gasteiger partial charge >= 0.3 is 0 Å². The van der Waals surface area contributed by atoms with Crippen LogP contribution in [0, 0.1) is 11.3 Å². The molecular formula is C13H24N2O. The van der Waals surface area contributed by atoms with Crippen LogP contribution >= 0.6 is 0 Å². The van der Waals surface area contributed by atoms with Crippen molar-refractivity contribution in [1.29, 1.82) is 0 Å². The lowest BCUT2D eigenvalue weighted by molar-refractivity contribution is -0.144. The number of hydrogen-bond acceptors (Lipinski definition) is 2. The van der Waals surface area contributed by atoms with Gasteiger partial charge in [-0.2, -0.15) is 0 Å². The zero-order valence-corrected chi connectivity index (χ0v) is 10.5. The molecule has 3 nitrogen and oxygen atoms in total. The zero-order valence-electron chi connectivity index (χ0n) is 10.5. The van der Waals surface area contributed by atoms with Crippen LogP contribution < -0.4 is 5.73 Å². The second-order valence-corrected chi connectivity index (χ2v) is 6.13. The molecule has 0 aromatic rings. The van der Waals surface area contributed by atoms with Crippen molar-refractivity contribution >= 4 is 5.91 Å². The van der Waals surface area contributed by atoms with Gasteiger partial charge in [-0.3, -0.25) is 4.79 Å². The Balaban J connectivity index is 1.95. The van der Waals surface area contributed by atoms with Crippen molar-refractivity contribution in [2.75, 3.05) is 13.1 Å². The van der Waals surface area contributed by atoms with Crippen LogP contribution in [0.1, 0.15) is 46.0 Å². The highest BCUT2D eigenvalue weighted by Gasteiger charge is 2.42. The van der Waals surface area contributed by atoms with E-state index in [1.165, 1.54) is 32.1 Å². The summed E-state index contributed by atoms with van der Waals surface area (Å²) in [7, 11) is 0. The Morgan fingerprint density at radius 3 is 2.50 bits per heavy atom. The van der Waals surface area contributed by atoms with Gasteiger partial charge in [-0.05, 0) is 30.6 Å². The quantitative estimate of drug-likeness (QED) is 0.740. The molecule has 1 heterocycles. The normalized spacial score (nSPS) is 28.6. The van der Waals surface area contributed by atoms with E-state index in [0.717, 1.165) is 19.0 Å². The lowest BCUT2D eigenvalue weighted by Gasteiger charge is -2.43. The summed E-state index contributed by atoms with van der Waals surface area (Å²) in [5.74, 6) is 0.887. The molecule has 2 aliphatic rings. The highest BCUT2D eigenvalue weighted by molar-refractivity contribution is 5.87. The molecule has 1 saturated carbocycles. The van der Waals surface area contributed by atoms with E-state index < -0.39 is 0 Å². The van der Waals surface area contributed by atoms with E-state index in [1.54, 1.807) is 0 Å². The number of carbonyl (C=O) groups is 1. The summed E-state index contributed by atoms with van der Waals surface area (Å²) in [5.41, 5.74) is 6.05. The standard InChI is InChI=1S/C13H24N2O/c1-10(2)7-13(5-3-4-6-13)9-15-8-11(14)12(15)16/h10-11H,3-9,14H2,1-2H3. The number of hydrogen-bond donors (Lipinski definition) is 1. The first-order valence-corrected chi connectivity index (χ1v) is 6.57. The summed E-state index contributed by atoms with van der Waals surface area (Å²) >= 11 is 0. The molecule has 0 aromatic heterocycles. The average molecular weight is 224 g/mol. The van der Waals surface area contributed by atoms with Gasteiger partial charge in [0, 0.05) is 13.1 Å². The molecule has 2 rings (SSSR count). The van der Waals surface area contributed by atoms with Gasteiger partial charge in [0.1, 0.15) is 6.04 Å². The SMILES string of the molecule is CC(C)CC1(CN2CC(N)C2=O)CCCC1. The van der Waals surface area contributed by atoms with E-state index in [4.69, 9.17) is 5.73 Å². The largest absolute Gasteiger partial charge is 0.339 e. The van der Waals surface area contributed by atoms with Crippen molar-refractivity contribution in [2.45, 2.75) is 52.0 Å². The van der Waals surface area contributed by atoms with Crippen LogP contribution in [0.3, 0.4) is 0 Å². The molecule has 1 aliphatic heterocycles. The van der Waals surface area contributed by atoms with Crippen molar-refractivity contribution in [3.8, 4) is 0 Å². The van der Waals surface area contributed by atoms with Gasteiger partial charge in [0.2, 0.25) is 5.91 Å². The average Bonchev–Trinajstić information content (AvgIpc) is 2.65. The number of nitrogens with two attached hydrogens (primary N) is 1. The van der Waals surface area contributed by atoms with Crippen LogP contribution in [-0.4, -0.2) is 29.9 Å². The fraction of sp³-hybridized carbons (Fsp3) is 0.923. The molecule has 92 valence electrons. The topological polar surface area (TPSA) is 46.3 Å². The smallest absolute Gasteiger partial charge is 0.241 e. The molecule has 2 fully saturated rings. The van der Waals surface area contributed by atoms with Gasteiger partial charge in [-0.25, -0.2) is 0 Å². The molecule has 0 radical (unpaired) electrons. The molecule has 1 amide bonds. The predicted molar refractivity (Wildman–Crippen MR) is 64.9 cm³/mol. The van der Waals surface area contributed by atoms with Crippen LogP contribution in [0.4, 0.5) is 0 Å². The Labute approximate surface area is 98.4 Å². The first kappa shape index (κ1) is 11.9. The first-order chi connectivity index (χ1) is 7.52. The fourth-order valence-electron chi connectivity index (χ4n) is 3.49. The maximum Gasteiger partial charge on any atom is 0.241 e. The Kier molecular flexibility index (Phi) is 3.24. The lowest BCUT2D eigenvalue weighted by Crippen LogP contribution is -2.62. The lowest BCUT2D eigenvalue weighted by atomic mass is 9.77. The number of carbonyl (C=O) groups excluding carboxylic acids is 1. The molecule has 3 heteroatoms. The summed E-state index contributed by atoms with van der Waals surface area (Å²) in [6.45, 7) is 6.30. The molecule has 1 saturated heterocycles.